The summed E-state index contributed by atoms with van der Waals surface area (Å²) in [6.07, 6.45) is 0. The van der Waals surface area contributed by atoms with Crippen molar-refractivity contribution in [3.8, 4) is 11.1 Å². The highest BCUT2D eigenvalue weighted by Gasteiger charge is 2.31. The molecule has 0 atom stereocenters. The predicted molar refractivity (Wildman–Crippen MR) is 101 cm³/mol. The summed E-state index contributed by atoms with van der Waals surface area (Å²) in [6, 6.07) is 13.2. The van der Waals surface area contributed by atoms with Crippen LogP contribution in [0.3, 0.4) is 0 Å². The second-order valence-corrected chi connectivity index (χ2v) is 9.44. The Kier molecular flexibility index (Phi) is 5.34. The Morgan fingerprint density at radius 2 is 1.16 bits per heavy atom. The van der Waals surface area contributed by atoms with E-state index < -0.39 is 5.51 Å². The molecule has 4 heteroatoms. The lowest BCUT2D eigenvalue weighted by Crippen LogP contribution is -2.12. The third-order valence-corrected chi connectivity index (χ3v) is 4.92. The molecule has 0 aliphatic carbocycles. The van der Waals surface area contributed by atoms with Crippen LogP contribution in [0.4, 0.5) is 13.2 Å². The number of thioether (sulfide) groups is 1. The highest BCUT2D eigenvalue weighted by molar-refractivity contribution is 8.00. The van der Waals surface area contributed by atoms with Crippen molar-refractivity contribution in [1.82, 2.24) is 0 Å². The molecule has 0 aromatic heterocycles. The third-order valence-electron chi connectivity index (χ3n) is 4.14. The molecule has 2 aromatic carbocycles. The fourth-order valence-electron chi connectivity index (χ4n) is 2.59. The van der Waals surface area contributed by atoms with Crippen molar-refractivity contribution in [3.05, 3.63) is 53.6 Å². The molecule has 0 amide bonds. The smallest absolute Gasteiger partial charge is 0.160 e. The molecule has 0 aliphatic heterocycles. The van der Waals surface area contributed by atoms with Gasteiger partial charge in [0, 0.05) is 4.90 Å². The van der Waals surface area contributed by atoms with Crippen LogP contribution in [0, 0.1) is 0 Å². The lowest BCUT2D eigenvalue weighted by molar-refractivity contribution is -0.0328. The van der Waals surface area contributed by atoms with Crippen molar-refractivity contribution in [2.24, 2.45) is 0 Å². The average Bonchev–Trinajstić information content (AvgIpc) is 2.44. The van der Waals surface area contributed by atoms with E-state index in [4.69, 9.17) is 0 Å². The van der Waals surface area contributed by atoms with Crippen LogP contribution in [0.2, 0.25) is 0 Å². The van der Waals surface area contributed by atoms with E-state index in [2.05, 4.69) is 20.8 Å². The average molecular weight is 366 g/mol. The second-order valence-electron chi connectivity index (χ2n) is 8.34. The van der Waals surface area contributed by atoms with Crippen LogP contribution in [0.5, 0.6) is 0 Å². The molecule has 0 radical (unpaired) electrons. The first-order chi connectivity index (χ1) is 11.3. The van der Waals surface area contributed by atoms with Crippen molar-refractivity contribution in [2.75, 3.05) is 0 Å². The lowest BCUT2D eigenvalue weighted by atomic mass is 9.85. The number of halogens is 3. The first-order valence-electron chi connectivity index (χ1n) is 8.28. The van der Waals surface area contributed by atoms with Crippen LogP contribution in [0.15, 0.2) is 47.4 Å². The maximum Gasteiger partial charge on any atom is 0.446 e. The number of hydrogen-bond acceptors (Lipinski definition) is 1. The van der Waals surface area contributed by atoms with Gasteiger partial charge in [-0.3, -0.25) is 0 Å². The number of rotatable bonds is 2. The summed E-state index contributed by atoms with van der Waals surface area (Å²) in [5.74, 6) is 0. The molecule has 0 aliphatic rings. The summed E-state index contributed by atoms with van der Waals surface area (Å²) < 4.78 is 39.1. The summed E-state index contributed by atoms with van der Waals surface area (Å²) in [7, 11) is 0. The van der Waals surface area contributed by atoms with Crippen molar-refractivity contribution >= 4 is 11.8 Å². The Hall–Kier alpha value is -1.42. The van der Waals surface area contributed by atoms with Gasteiger partial charge in [0.15, 0.2) is 0 Å². The molecule has 2 rings (SSSR count). The Morgan fingerprint density at radius 1 is 0.680 bits per heavy atom. The zero-order chi connectivity index (χ0) is 19.0. The molecule has 0 nitrogen and oxygen atoms in total. The molecular weight excluding hydrogens is 341 g/mol. The van der Waals surface area contributed by atoms with Gasteiger partial charge in [-0.2, -0.15) is 13.2 Å². The molecule has 0 bridgehead atoms. The normalized spacial score (nSPS) is 13.2. The number of hydrogen-bond donors (Lipinski definition) is 0. The minimum absolute atomic E-state index is 0.0121. The van der Waals surface area contributed by atoms with Crippen molar-refractivity contribution in [1.29, 1.82) is 0 Å². The standard InChI is InChI=1S/C21H25F3S/c1-19(2,3)15-9-7-14(8-10-15)17-12-11-16(20(4,5)6)13-18(17)25-21(22,23)24/h7-13H,1-6H3. The predicted octanol–water partition coefficient (Wildman–Crippen LogP) is 7.56. The van der Waals surface area contributed by atoms with E-state index in [-0.39, 0.29) is 27.5 Å². The highest BCUT2D eigenvalue weighted by Crippen LogP contribution is 2.43. The van der Waals surface area contributed by atoms with Crippen molar-refractivity contribution in [2.45, 2.75) is 62.8 Å². The monoisotopic (exact) mass is 366 g/mol. The molecule has 0 fully saturated rings. The van der Waals surface area contributed by atoms with E-state index >= 15 is 0 Å². The zero-order valence-electron chi connectivity index (χ0n) is 15.6. The fraction of sp³-hybridized carbons (Fsp3) is 0.429. The topological polar surface area (TPSA) is 0 Å². The van der Waals surface area contributed by atoms with E-state index in [1.165, 1.54) is 0 Å². The fourth-order valence-corrected chi connectivity index (χ4v) is 3.32. The van der Waals surface area contributed by atoms with Crippen molar-refractivity contribution < 1.29 is 13.2 Å². The Balaban J connectivity index is 2.52. The first kappa shape index (κ1) is 19.9. The zero-order valence-corrected chi connectivity index (χ0v) is 16.4. The van der Waals surface area contributed by atoms with Crippen LogP contribution < -0.4 is 0 Å². The molecule has 0 unspecified atom stereocenters. The van der Waals surface area contributed by atoms with Gasteiger partial charge >= 0.3 is 5.51 Å². The van der Waals surface area contributed by atoms with Gasteiger partial charge in [-0.05, 0) is 50.9 Å². The van der Waals surface area contributed by atoms with E-state index in [1.807, 2.05) is 51.1 Å². The van der Waals surface area contributed by atoms with Gasteiger partial charge < -0.3 is 0 Å². The van der Waals surface area contributed by atoms with E-state index in [9.17, 15) is 13.2 Å². The molecule has 136 valence electrons. The summed E-state index contributed by atoms with van der Waals surface area (Å²) in [4.78, 5) is 0.253. The van der Waals surface area contributed by atoms with Crippen LogP contribution in [-0.2, 0) is 10.8 Å². The van der Waals surface area contributed by atoms with Gasteiger partial charge in [0.2, 0.25) is 0 Å². The first-order valence-corrected chi connectivity index (χ1v) is 9.10. The molecule has 25 heavy (non-hydrogen) atoms. The van der Waals surface area contributed by atoms with Crippen LogP contribution in [-0.4, -0.2) is 5.51 Å². The quantitative estimate of drug-likeness (QED) is 0.494. The molecule has 2 aromatic rings. The van der Waals surface area contributed by atoms with Gasteiger partial charge in [0.1, 0.15) is 0 Å². The van der Waals surface area contributed by atoms with E-state index in [0.717, 1.165) is 16.7 Å². The minimum atomic E-state index is -4.31. The molecule has 0 saturated carbocycles. The maximum absolute atomic E-state index is 13.0. The van der Waals surface area contributed by atoms with Gasteiger partial charge in [-0.25, -0.2) is 0 Å². The largest absolute Gasteiger partial charge is 0.446 e. The van der Waals surface area contributed by atoms with E-state index in [0.29, 0.717) is 5.56 Å². The maximum atomic E-state index is 13.0. The Bertz CT molecular complexity index is 730. The van der Waals surface area contributed by atoms with Crippen LogP contribution >= 0.6 is 11.8 Å². The molecule has 0 spiro atoms. The van der Waals surface area contributed by atoms with Crippen molar-refractivity contribution in [3.63, 3.8) is 0 Å². The third kappa shape index (κ3) is 5.27. The molecular formula is C21H25F3S. The SMILES string of the molecule is CC(C)(C)c1ccc(-c2ccc(C(C)(C)C)cc2SC(F)(F)F)cc1. The van der Waals surface area contributed by atoms with Gasteiger partial charge in [0.25, 0.3) is 0 Å². The van der Waals surface area contributed by atoms with Gasteiger partial charge in [0.05, 0.1) is 0 Å². The molecule has 0 heterocycles. The summed E-state index contributed by atoms with van der Waals surface area (Å²) >= 11 is -0.0378. The summed E-state index contributed by atoms with van der Waals surface area (Å²) in [6.45, 7) is 12.4. The van der Waals surface area contributed by atoms with Crippen LogP contribution in [0.25, 0.3) is 11.1 Å². The highest BCUT2D eigenvalue weighted by atomic mass is 32.2. The Morgan fingerprint density at radius 3 is 1.60 bits per heavy atom. The molecule has 0 N–H and O–H groups in total. The summed E-state index contributed by atoms with van der Waals surface area (Å²) in [5.41, 5.74) is -1.01. The minimum Gasteiger partial charge on any atom is -0.160 e. The van der Waals surface area contributed by atoms with E-state index in [1.54, 1.807) is 12.1 Å². The Labute approximate surface area is 152 Å². The van der Waals surface area contributed by atoms with Crippen LogP contribution in [0.1, 0.15) is 52.7 Å². The lowest BCUT2D eigenvalue weighted by Gasteiger charge is -2.22. The second kappa shape index (κ2) is 6.71. The summed E-state index contributed by atoms with van der Waals surface area (Å²) in [5, 5.41) is 0. The van der Waals surface area contributed by atoms with Gasteiger partial charge in [-0.15, -0.1) is 0 Å². The number of alkyl halides is 3. The van der Waals surface area contributed by atoms with Gasteiger partial charge in [-0.1, -0.05) is 77.9 Å². The molecule has 0 saturated heterocycles. The number of benzene rings is 2.